The molecule has 0 radical (unpaired) electrons. The monoisotopic (exact) mass is 789 g/mol. The first kappa shape index (κ1) is 40.5. The summed E-state index contributed by atoms with van der Waals surface area (Å²) >= 11 is 13.0. The fourth-order valence-electron chi connectivity index (χ4n) is 8.25. The molecular weight excluding hydrogens is 741 g/mol. The molecule has 1 aromatic heterocycles. The van der Waals surface area contributed by atoms with E-state index >= 15 is 0 Å². The van der Waals surface area contributed by atoms with Gasteiger partial charge in [-0.2, -0.15) is 0 Å². The molecule has 0 unspecified atom stereocenters. The Labute approximate surface area is 332 Å². The second-order valence-corrected chi connectivity index (χ2v) is 15.5. The van der Waals surface area contributed by atoms with Crippen LogP contribution in [0.3, 0.4) is 0 Å². The summed E-state index contributed by atoms with van der Waals surface area (Å²) in [5, 5.41) is 0.884. The smallest absolute Gasteiger partial charge is 0.338 e. The SMILES string of the molecule is COc1ccc([C@H](Cc2c(Cl)c[nH+]cc2Cl)OC(=O)c2ccc(CCN3CCC(C(=O)O[C@H]4CN5CCC4CC5)(c4ccccc4)CC3)cc2)cc1OC.[OH-]. The molecular formula is C43H49Cl2N3O7. The van der Waals surface area contributed by atoms with Crippen LogP contribution in [-0.2, 0) is 32.5 Å². The molecule has 8 rings (SSSR count). The third kappa shape index (κ3) is 9.11. The number of rotatable bonds is 13. The zero-order valence-corrected chi connectivity index (χ0v) is 32.9. The minimum absolute atomic E-state index is 0. The molecule has 4 aromatic rings. The third-order valence-electron chi connectivity index (χ3n) is 11.6. The number of methoxy groups -OCH3 is 2. The molecule has 4 fully saturated rings. The number of carbonyl (C=O) groups excluding carboxylic acids is 2. The lowest BCUT2D eigenvalue weighted by Gasteiger charge is -2.46. The van der Waals surface area contributed by atoms with Gasteiger partial charge in [0.05, 0.1) is 25.2 Å². The van der Waals surface area contributed by atoms with Gasteiger partial charge in [0, 0.05) is 25.1 Å². The predicted molar refractivity (Wildman–Crippen MR) is 209 cm³/mol. The van der Waals surface area contributed by atoms with Gasteiger partial charge in [-0.15, -0.1) is 0 Å². The van der Waals surface area contributed by atoms with E-state index in [2.05, 4.69) is 26.9 Å². The van der Waals surface area contributed by atoms with Crippen LogP contribution < -0.4 is 14.5 Å². The van der Waals surface area contributed by atoms with E-state index in [1.54, 1.807) is 38.7 Å². The van der Waals surface area contributed by atoms with Crippen LogP contribution in [0.25, 0.3) is 0 Å². The number of piperidine rings is 4. The van der Waals surface area contributed by atoms with Gasteiger partial charge in [0.1, 0.15) is 22.3 Å². The van der Waals surface area contributed by atoms with E-state index in [1.807, 2.05) is 48.5 Å². The van der Waals surface area contributed by atoms with Crippen LogP contribution in [-0.4, -0.2) is 86.8 Å². The zero-order chi connectivity index (χ0) is 37.7. The van der Waals surface area contributed by atoms with Crippen molar-refractivity contribution in [2.75, 3.05) is 53.5 Å². The number of pyridine rings is 1. The highest BCUT2D eigenvalue weighted by Gasteiger charge is 2.47. The first-order chi connectivity index (χ1) is 26.3. The van der Waals surface area contributed by atoms with Crippen molar-refractivity contribution in [3.05, 3.63) is 123 Å². The summed E-state index contributed by atoms with van der Waals surface area (Å²) in [5.74, 6) is 1.04. The van der Waals surface area contributed by atoms with Gasteiger partial charge in [-0.1, -0.05) is 71.7 Å². The molecule has 0 amide bonds. The standard InChI is InChI=1S/C43H47Cl2N3O6.H2O/c1-51-37-13-12-32(24-39(37)52-2)38(25-34-35(44)26-46-27-36(34)45)53-41(49)31-10-8-29(9-11-31)14-19-47-22-17-43(18-23-47,33-6-4-3-5-7-33)42(50)54-40-28-48-20-15-30(40)16-21-48;/h3-13,24,26-27,30,38,40H,14-23,25,28H2,1-2H3;1H2/t38-,40-;/m0./s1. The Morgan fingerprint density at radius 2 is 1.55 bits per heavy atom. The highest BCUT2D eigenvalue weighted by Crippen LogP contribution is 2.40. The lowest BCUT2D eigenvalue weighted by atomic mass is 9.72. The van der Waals surface area contributed by atoms with E-state index < -0.39 is 17.5 Å². The molecule has 4 aliphatic heterocycles. The molecule has 4 saturated heterocycles. The number of nitrogens with one attached hydrogen (secondary N) is 1. The quantitative estimate of drug-likeness (QED) is 0.132. The van der Waals surface area contributed by atoms with Crippen LogP contribution in [0, 0.1) is 5.92 Å². The van der Waals surface area contributed by atoms with Gasteiger partial charge < -0.3 is 29.3 Å². The van der Waals surface area contributed by atoms with Gasteiger partial charge in [0.25, 0.3) is 0 Å². The summed E-state index contributed by atoms with van der Waals surface area (Å²) in [6.45, 7) is 5.55. The van der Waals surface area contributed by atoms with Gasteiger partial charge in [0.2, 0.25) is 0 Å². The summed E-state index contributed by atoms with van der Waals surface area (Å²) in [7, 11) is 3.13. The van der Waals surface area contributed by atoms with E-state index in [4.69, 9.17) is 42.1 Å². The summed E-state index contributed by atoms with van der Waals surface area (Å²) < 4.78 is 23.4. The Morgan fingerprint density at radius 3 is 2.16 bits per heavy atom. The first-order valence-corrected chi connectivity index (χ1v) is 19.6. The average Bonchev–Trinajstić information content (AvgIpc) is 3.21. The predicted octanol–water partition coefficient (Wildman–Crippen LogP) is 7.00. The number of aromatic amines is 1. The molecule has 2 N–H and O–H groups in total. The van der Waals surface area contributed by atoms with Crippen LogP contribution in [0.4, 0.5) is 0 Å². The van der Waals surface area contributed by atoms with E-state index in [0.717, 1.165) is 82.5 Å². The van der Waals surface area contributed by atoms with Crippen molar-refractivity contribution < 1.29 is 39.0 Å². The Balaban J connectivity index is 0.00000514. The van der Waals surface area contributed by atoms with Crippen molar-refractivity contribution in [3.63, 3.8) is 0 Å². The lowest BCUT2D eigenvalue weighted by Crippen LogP contribution is -2.55. The number of ether oxygens (including phenoxy) is 4. The van der Waals surface area contributed by atoms with E-state index in [9.17, 15) is 9.59 Å². The van der Waals surface area contributed by atoms with Crippen LogP contribution in [0.1, 0.15) is 64.4 Å². The number of hydrogen-bond acceptors (Lipinski definition) is 9. The van der Waals surface area contributed by atoms with Crippen LogP contribution in [0.5, 0.6) is 11.5 Å². The van der Waals surface area contributed by atoms with E-state index in [0.29, 0.717) is 44.2 Å². The van der Waals surface area contributed by atoms with Crippen LogP contribution in [0.15, 0.2) is 85.2 Å². The fourth-order valence-corrected chi connectivity index (χ4v) is 8.78. The lowest BCUT2D eigenvalue weighted by molar-refractivity contribution is -0.377. The average molecular weight is 791 g/mol. The Bertz CT molecular complexity index is 1890. The molecule has 3 aromatic carbocycles. The van der Waals surface area contributed by atoms with Crippen molar-refractivity contribution in [2.45, 2.75) is 56.1 Å². The highest BCUT2D eigenvalue weighted by atomic mass is 35.5. The third-order valence-corrected chi connectivity index (χ3v) is 12.3. The highest BCUT2D eigenvalue weighted by molar-refractivity contribution is 6.35. The van der Waals surface area contributed by atoms with Crippen LogP contribution in [0.2, 0.25) is 10.0 Å². The summed E-state index contributed by atoms with van der Waals surface area (Å²) in [6, 6.07) is 23.2. The largest absolute Gasteiger partial charge is 0.870 e. The van der Waals surface area contributed by atoms with Crippen molar-refractivity contribution in [3.8, 4) is 11.5 Å². The van der Waals surface area contributed by atoms with Crippen molar-refractivity contribution in [1.29, 1.82) is 0 Å². The minimum Gasteiger partial charge on any atom is -0.870 e. The number of halogens is 2. The second-order valence-electron chi connectivity index (χ2n) is 14.7. The maximum Gasteiger partial charge on any atom is 0.338 e. The van der Waals surface area contributed by atoms with Crippen molar-refractivity contribution in [2.24, 2.45) is 5.92 Å². The number of hydrogen-bond donors (Lipinski definition) is 0. The fraction of sp³-hybridized carbons (Fsp3) is 0.419. The van der Waals surface area contributed by atoms with Gasteiger partial charge in [-0.05, 0) is 105 Å². The number of aromatic nitrogens is 1. The second kappa shape index (κ2) is 18.2. The number of H-pyrrole nitrogens is 1. The molecule has 55 heavy (non-hydrogen) atoms. The molecule has 0 spiro atoms. The number of esters is 2. The topological polar surface area (TPSA) is 122 Å². The Hall–Kier alpha value is -4.19. The Kier molecular flexibility index (Phi) is 13.4. The van der Waals surface area contributed by atoms with Gasteiger partial charge in [-0.25, -0.2) is 9.78 Å². The molecule has 4 aliphatic rings. The van der Waals surface area contributed by atoms with Gasteiger partial charge in [-0.3, -0.25) is 9.69 Å². The molecule has 10 nitrogen and oxygen atoms in total. The summed E-state index contributed by atoms with van der Waals surface area (Å²) in [6.07, 6.45) is 7.32. The maximum atomic E-state index is 14.0. The van der Waals surface area contributed by atoms with Crippen molar-refractivity contribution >= 4 is 35.1 Å². The maximum absolute atomic E-state index is 14.0. The normalized spacial score (nSPS) is 20.8. The Morgan fingerprint density at radius 1 is 0.873 bits per heavy atom. The number of likely N-dealkylation sites (tertiary alicyclic amines) is 1. The zero-order valence-electron chi connectivity index (χ0n) is 31.3. The summed E-state index contributed by atoms with van der Waals surface area (Å²) in [5.41, 5.74) is 3.35. The summed E-state index contributed by atoms with van der Waals surface area (Å²) in [4.78, 5) is 35.4. The molecule has 0 aliphatic carbocycles. The molecule has 292 valence electrons. The molecule has 0 saturated carbocycles. The van der Waals surface area contributed by atoms with Gasteiger partial charge >= 0.3 is 11.9 Å². The van der Waals surface area contributed by atoms with Crippen LogP contribution >= 0.6 is 23.2 Å². The van der Waals surface area contributed by atoms with E-state index in [-0.39, 0.29) is 24.0 Å². The number of benzene rings is 3. The van der Waals surface area contributed by atoms with E-state index in [1.165, 1.54) is 0 Å². The number of fused-ring (bicyclic) bond motifs is 3. The number of nitrogens with zero attached hydrogens (tertiary/aromatic N) is 2. The molecule has 5 heterocycles. The molecule has 2 atom stereocenters. The van der Waals surface area contributed by atoms with Crippen molar-refractivity contribution in [1.82, 2.24) is 9.80 Å². The number of carbonyl (C=O) groups is 2. The van der Waals surface area contributed by atoms with Gasteiger partial charge in [0.15, 0.2) is 23.9 Å². The molecule has 12 heteroatoms. The first-order valence-electron chi connectivity index (χ1n) is 18.8. The molecule has 2 bridgehead atoms. The minimum atomic E-state index is -0.704.